The molecule has 3 aromatic carbocycles. The molecule has 0 aliphatic carbocycles. The average molecular weight is 2000 g/mol. The Labute approximate surface area is 813 Å². The highest BCUT2D eigenvalue weighted by Gasteiger charge is 2.60. The lowest BCUT2D eigenvalue weighted by Crippen LogP contribution is -2.68. The summed E-state index contributed by atoms with van der Waals surface area (Å²) in [7, 11) is 0. The van der Waals surface area contributed by atoms with Gasteiger partial charge in [-0.15, -0.1) is 0 Å². The highest BCUT2D eigenvalue weighted by molar-refractivity contribution is 6.06. The zero-order valence-corrected chi connectivity index (χ0v) is 76.4. The van der Waals surface area contributed by atoms with Crippen molar-refractivity contribution in [1.29, 1.82) is 0 Å². The van der Waals surface area contributed by atoms with E-state index >= 15 is 0 Å². The fourth-order valence-electron chi connectivity index (χ4n) is 17.6. The molecule has 30 rings (SSSR count). The van der Waals surface area contributed by atoms with Gasteiger partial charge in [0, 0.05) is 70.9 Å². The summed E-state index contributed by atoms with van der Waals surface area (Å²) in [6.07, 6.45) is -65.0. The number of benzene rings is 3. The first-order valence-electron chi connectivity index (χ1n) is 45.8. The second kappa shape index (κ2) is 45.8. The summed E-state index contributed by atoms with van der Waals surface area (Å²) in [5.41, 5.74) is 7.05. The van der Waals surface area contributed by atoms with Gasteiger partial charge in [0.15, 0.2) is 44.0 Å². The van der Waals surface area contributed by atoms with Gasteiger partial charge in [0.05, 0.1) is 60.6 Å². The van der Waals surface area contributed by atoms with E-state index < -0.39 is 279 Å². The van der Waals surface area contributed by atoms with Crippen molar-refractivity contribution < 1.29 is 187 Å². The second-order valence-electron chi connectivity index (χ2n) is 35.4. The third kappa shape index (κ3) is 23.3. The highest BCUT2D eigenvalue weighted by Crippen LogP contribution is 2.42. The van der Waals surface area contributed by atoms with Gasteiger partial charge < -0.3 is 188 Å². The molecule has 143 heavy (non-hydrogen) atoms. The predicted octanol–water partition coefficient (Wildman–Crippen LogP) is -2.92. The molecule has 21 aliphatic heterocycles. The largest absolute Gasteiger partial charge is 0.491 e. The molecule has 27 heterocycles. The van der Waals surface area contributed by atoms with Gasteiger partial charge in [-0.25, -0.2) is 0 Å². The fraction of sp³-hybridized carbons (Fsp3) is 0.469. The van der Waals surface area contributed by atoms with Gasteiger partial charge in [0.1, 0.15) is 208 Å². The van der Waals surface area contributed by atoms with Crippen LogP contribution < -0.4 is 30.2 Å². The van der Waals surface area contributed by atoms with E-state index in [2.05, 4.69) is 45.9 Å². The van der Waals surface area contributed by atoms with Crippen LogP contribution >= 0.6 is 0 Å². The fourth-order valence-corrected chi connectivity index (χ4v) is 17.6. The summed E-state index contributed by atoms with van der Waals surface area (Å²) in [5, 5.41) is 223. The maximum Gasteiger partial charge on any atom is 0.255 e. The van der Waals surface area contributed by atoms with Crippen LogP contribution in [0.5, 0.6) is 17.2 Å². The number of ether oxygens (including phenoxy) is 17. The minimum absolute atomic E-state index is 0.0426. The van der Waals surface area contributed by atoms with Crippen molar-refractivity contribution in [3.05, 3.63) is 216 Å². The van der Waals surface area contributed by atoms with Crippen LogP contribution in [0.15, 0.2) is 183 Å². The van der Waals surface area contributed by atoms with Crippen molar-refractivity contribution in [2.45, 2.75) is 236 Å². The first kappa shape index (κ1) is 104. The molecule has 21 N–H and O–H groups in total. The topological polar surface area (TPSA) is 686 Å². The van der Waals surface area contributed by atoms with Gasteiger partial charge in [0.25, 0.3) is 17.7 Å². The van der Waals surface area contributed by atoms with Crippen LogP contribution in [0.4, 0.5) is 17.1 Å². The monoisotopic (exact) mass is 2000 g/mol. The first-order valence-corrected chi connectivity index (χ1v) is 45.8. The molecule has 35 unspecified atom stereocenters. The summed E-state index contributed by atoms with van der Waals surface area (Å²) in [6, 6.07) is 37.2. The molecule has 0 radical (unpaired) electrons. The molecule has 0 spiro atoms. The normalized spacial score (nSPS) is 34.8. The number of rotatable bonds is 22. The molecule has 21 fully saturated rings. The van der Waals surface area contributed by atoms with Gasteiger partial charge in [-0.1, -0.05) is 0 Å². The Morgan fingerprint density at radius 2 is 0.427 bits per heavy atom. The minimum atomic E-state index is -2.34. The molecule has 35 atom stereocenters. The number of aryl methyl sites for hydroxylation is 3. The number of carbonyl (C=O) groups is 3. The van der Waals surface area contributed by atoms with Gasteiger partial charge in [-0.3, -0.25) is 44.3 Å². The van der Waals surface area contributed by atoms with Crippen LogP contribution in [0, 0.1) is 20.8 Å². The molecule has 3 amide bonds. The summed E-state index contributed by atoms with van der Waals surface area (Å²) in [5.74, 6) is -1.47. The third-order valence-corrected chi connectivity index (χ3v) is 25.4. The SMILES string of the molecule is Cc1ccnc(-c2cc(C(=O)Nc3ccc(OCC4OC5OC6C(CO)OC(OC7C(CO)OC(OC8C(COc9ccc(NC(=O)c%10ccnc(-c%11cc(C)ccn%11)c%10)cc9)OC(OC9C(CO)OC(OC%10C(COc%11ccc(NC(=O)c%12ccnc(-c%13cc(C)ccn%13)c%12)cc%11)OC(OC%11C(CO)OC(OC4C(O)C5O)C(O)C%11O)C(O)C%10O)C(O)C9O)C(O)C8O)C(O)C7O)C(O)C6O)cc3)ccn2)c1. The van der Waals surface area contributed by atoms with E-state index in [1.165, 1.54) is 110 Å². The van der Waals surface area contributed by atoms with Gasteiger partial charge in [-0.05, 0) is 183 Å². The maximum atomic E-state index is 13.7. The Balaban J connectivity index is 0.659. The van der Waals surface area contributed by atoms with Gasteiger partial charge in [0.2, 0.25) is 0 Å². The number of nitrogens with one attached hydrogen (secondary N) is 3. The lowest BCUT2D eigenvalue weighted by Gasteiger charge is -2.50. The molecule has 766 valence electrons. The molecule has 21 aliphatic rings. The van der Waals surface area contributed by atoms with E-state index in [1.807, 2.05) is 20.8 Å². The number of hydrogen-bond acceptors (Lipinski definition) is 44. The zero-order valence-electron chi connectivity index (χ0n) is 76.4. The Morgan fingerprint density at radius 3 is 0.622 bits per heavy atom. The Bertz CT molecular complexity index is 5600. The maximum absolute atomic E-state index is 13.7. The van der Waals surface area contributed by atoms with E-state index in [-0.39, 0.29) is 51.0 Å². The van der Waals surface area contributed by atoms with Crippen LogP contribution in [-0.2, 0) is 66.3 Å². The van der Waals surface area contributed by atoms with E-state index in [0.29, 0.717) is 34.2 Å². The number of aromatic nitrogens is 6. The number of nitrogens with zero attached hydrogens (tertiary/aromatic N) is 6. The summed E-state index contributed by atoms with van der Waals surface area (Å²) < 4.78 is 105. The molecule has 21 saturated heterocycles. The second-order valence-corrected chi connectivity index (χ2v) is 35.4. The Morgan fingerprint density at radius 1 is 0.245 bits per heavy atom. The molecular formula is C96H109N9O38. The summed E-state index contributed by atoms with van der Waals surface area (Å²) in [6.45, 7) is -1.06. The van der Waals surface area contributed by atoms with E-state index in [1.54, 1.807) is 73.2 Å². The highest BCUT2D eigenvalue weighted by atomic mass is 16.8. The number of carbonyl (C=O) groups excluding carboxylic acids is 3. The number of aliphatic hydroxyl groups is 18. The number of amides is 3. The van der Waals surface area contributed by atoms with E-state index in [4.69, 9.17) is 80.5 Å². The lowest BCUT2D eigenvalue weighted by atomic mass is 9.95. The van der Waals surface area contributed by atoms with Crippen LogP contribution in [0.1, 0.15) is 47.8 Å². The molecule has 14 bridgehead atoms. The number of aliphatic hydroxyl groups excluding tert-OH is 18. The first-order chi connectivity index (χ1) is 68.9. The van der Waals surface area contributed by atoms with E-state index in [0.717, 1.165) is 16.7 Å². The van der Waals surface area contributed by atoms with Crippen molar-refractivity contribution in [2.75, 3.05) is 62.2 Å². The Kier molecular flexibility index (Phi) is 33.1. The zero-order chi connectivity index (χ0) is 101. The average Bonchev–Trinajstić information content (AvgIpc) is 0.911. The van der Waals surface area contributed by atoms with Crippen molar-refractivity contribution in [3.63, 3.8) is 0 Å². The van der Waals surface area contributed by atoms with Gasteiger partial charge >= 0.3 is 0 Å². The standard InChI is InChI=1S/C96H109N9O38/c1-41-16-22-97-53(28-41)56-31-44(19-25-100-56)87(124)103-47-4-10-50(11-5-47)127-38-63-84-71(115)78(122)95(135-63)139-82-61(36-108)133-93(76(120)69(82)113)143-86-65(40-129-52-14-8-49(9-15-52)105-89(126)46-21-27-102-58(33-46)55-30-43(3)18-24-99-55)136-96(79(123)72(86)116)140-83-62(37-109)132-92(75(119)68(83)112)142-85-64(39-128-51-12-6-48(7-13-51)104-88(125)45-20-26-101-57(32-45)54-29-42(2)17-23-98-54)134-94(77(121)70(85)114)138-81-60(35-107)130-90(73(117)66(81)110)137-80-59(34-106)131-91(141-84)74(118)67(80)111/h4-33,59-86,90-96,106-123H,34-40H2,1-3H3,(H,103,124)(H,104,125)(H,105,126). The van der Waals surface area contributed by atoms with Crippen LogP contribution in [0.2, 0.25) is 0 Å². The summed E-state index contributed by atoms with van der Waals surface area (Å²) >= 11 is 0. The molecule has 6 aromatic heterocycles. The quantitative estimate of drug-likeness (QED) is 0.0323. The van der Waals surface area contributed by atoms with Crippen molar-refractivity contribution >= 4 is 34.8 Å². The molecule has 0 saturated carbocycles. The molecular weight excluding hydrogens is 1890 g/mol. The smallest absolute Gasteiger partial charge is 0.255 e. The van der Waals surface area contributed by atoms with Crippen LogP contribution in [-0.4, -0.2) is 401 Å². The minimum Gasteiger partial charge on any atom is -0.491 e. The summed E-state index contributed by atoms with van der Waals surface area (Å²) in [4.78, 5) is 67.3. The molecule has 9 aromatic rings. The predicted molar refractivity (Wildman–Crippen MR) is 483 cm³/mol. The van der Waals surface area contributed by atoms with Crippen molar-refractivity contribution in [2.24, 2.45) is 0 Å². The van der Waals surface area contributed by atoms with Crippen LogP contribution in [0.3, 0.4) is 0 Å². The van der Waals surface area contributed by atoms with Crippen molar-refractivity contribution in [3.8, 4) is 51.4 Å². The van der Waals surface area contributed by atoms with Crippen molar-refractivity contribution in [1.82, 2.24) is 29.9 Å². The number of hydrogen-bond donors (Lipinski definition) is 21. The number of anilines is 3. The molecule has 47 heteroatoms. The van der Waals surface area contributed by atoms with E-state index in [9.17, 15) is 106 Å². The van der Waals surface area contributed by atoms with Gasteiger partial charge in [-0.2, -0.15) is 0 Å². The number of pyridine rings is 6. The Hall–Kier alpha value is -10.9. The lowest BCUT2D eigenvalue weighted by molar-refractivity contribution is -0.396. The molecule has 47 nitrogen and oxygen atoms in total. The third-order valence-electron chi connectivity index (χ3n) is 25.4. The van der Waals surface area contributed by atoms with Crippen LogP contribution in [0.25, 0.3) is 34.2 Å².